The Morgan fingerprint density at radius 3 is 2.19 bits per heavy atom. The molecule has 0 fully saturated rings. The van der Waals surface area contributed by atoms with Crippen LogP contribution in [0.25, 0.3) is 22.2 Å². The number of carbonyl (C=O) groups excluding carboxylic acids is 2. The SMILES string of the molecule is CCOc1cc(OCC)c(-c2csc(NC(=O)c3cc4cc(OC)ccc4n3CC(=O)OC(C)(C)C)n2)c(OCC)c1. The summed E-state index contributed by atoms with van der Waals surface area (Å²) in [7, 11) is 1.57. The van der Waals surface area contributed by atoms with Gasteiger partial charge in [0.25, 0.3) is 5.91 Å². The van der Waals surface area contributed by atoms with Crippen molar-refractivity contribution in [1.29, 1.82) is 0 Å². The molecule has 11 heteroatoms. The first-order valence-electron chi connectivity index (χ1n) is 13.8. The first-order valence-corrected chi connectivity index (χ1v) is 14.7. The molecule has 0 aliphatic rings. The number of aromatic nitrogens is 2. The number of fused-ring (bicyclic) bond motifs is 1. The van der Waals surface area contributed by atoms with Gasteiger partial charge in [0, 0.05) is 28.4 Å². The number of esters is 1. The van der Waals surface area contributed by atoms with E-state index < -0.39 is 17.5 Å². The minimum Gasteiger partial charge on any atom is -0.497 e. The number of thiazole rings is 1. The van der Waals surface area contributed by atoms with Gasteiger partial charge in [0.15, 0.2) is 5.13 Å². The van der Waals surface area contributed by atoms with Gasteiger partial charge in [-0.1, -0.05) is 0 Å². The van der Waals surface area contributed by atoms with Crippen molar-refractivity contribution in [3.63, 3.8) is 0 Å². The van der Waals surface area contributed by atoms with Gasteiger partial charge in [0.1, 0.15) is 40.8 Å². The molecule has 10 nitrogen and oxygen atoms in total. The maximum absolute atomic E-state index is 13.6. The van der Waals surface area contributed by atoms with Crippen LogP contribution in [0.2, 0.25) is 0 Å². The fraction of sp³-hybridized carbons (Fsp3) is 0.387. The van der Waals surface area contributed by atoms with Crippen LogP contribution in [0.15, 0.2) is 41.8 Å². The van der Waals surface area contributed by atoms with E-state index in [0.717, 1.165) is 5.39 Å². The molecule has 0 spiro atoms. The van der Waals surface area contributed by atoms with Crippen molar-refractivity contribution < 1.29 is 33.3 Å². The molecule has 0 aliphatic carbocycles. The van der Waals surface area contributed by atoms with Gasteiger partial charge in [-0.2, -0.15) is 0 Å². The van der Waals surface area contributed by atoms with E-state index in [1.807, 2.05) is 50.4 Å². The second-order valence-corrected chi connectivity index (χ2v) is 11.1. The number of rotatable bonds is 12. The molecule has 4 aromatic rings. The lowest BCUT2D eigenvalue weighted by Crippen LogP contribution is -2.28. The molecule has 0 bridgehead atoms. The fourth-order valence-corrected chi connectivity index (χ4v) is 5.15. The van der Waals surface area contributed by atoms with Gasteiger partial charge in [0.05, 0.1) is 38.2 Å². The zero-order valence-electron chi connectivity index (χ0n) is 25.0. The quantitative estimate of drug-likeness (QED) is 0.183. The van der Waals surface area contributed by atoms with Crippen LogP contribution < -0.4 is 24.3 Å². The highest BCUT2D eigenvalue weighted by atomic mass is 32.1. The summed E-state index contributed by atoms with van der Waals surface area (Å²) < 4.78 is 30.1. The second-order valence-electron chi connectivity index (χ2n) is 10.2. The predicted molar refractivity (Wildman–Crippen MR) is 163 cm³/mol. The topological polar surface area (TPSA) is 110 Å². The lowest BCUT2D eigenvalue weighted by atomic mass is 10.1. The van der Waals surface area contributed by atoms with Gasteiger partial charge in [-0.15, -0.1) is 11.3 Å². The summed E-state index contributed by atoms with van der Waals surface area (Å²) in [6.07, 6.45) is 0. The van der Waals surface area contributed by atoms with Crippen molar-refractivity contribution in [3.05, 3.63) is 47.5 Å². The third-order valence-corrected chi connectivity index (χ3v) is 6.74. The van der Waals surface area contributed by atoms with Gasteiger partial charge in [-0.25, -0.2) is 4.98 Å². The molecule has 1 N–H and O–H groups in total. The number of hydrogen-bond donors (Lipinski definition) is 1. The normalized spacial score (nSPS) is 11.3. The number of nitrogens with zero attached hydrogens (tertiary/aromatic N) is 2. The third kappa shape index (κ3) is 7.14. The Hall–Kier alpha value is -4.25. The molecule has 2 aromatic carbocycles. The van der Waals surface area contributed by atoms with Crippen LogP contribution in [0.3, 0.4) is 0 Å². The van der Waals surface area contributed by atoms with E-state index in [1.54, 1.807) is 44.6 Å². The molecule has 4 rings (SSSR count). The summed E-state index contributed by atoms with van der Waals surface area (Å²) in [6, 6.07) is 10.8. The lowest BCUT2D eigenvalue weighted by Gasteiger charge is -2.20. The van der Waals surface area contributed by atoms with E-state index in [4.69, 9.17) is 28.7 Å². The van der Waals surface area contributed by atoms with Crippen LogP contribution in [0.4, 0.5) is 5.13 Å². The predicted octanol–water partition coefficient (Wildman–Crippen LogP) is 6.56. The molecule has 0 saturated carbocycles. The van der Waals surface area contributed by atoms with Crippen molar-refractivity contribution in [2.45, 2.75) is 53.7 Å². The first-order chi connectivity index (χ1) is 20.1. The molecule has 1 amide bonds. The molecule has 0 unspecified atom stereocenters. The van der Waals surface area contributed by atoms with Gasteiger partial charge < -0.3 is 28.3 Å². The molecule has 0 aliphatic heterocycles. The third-order valence-electron chi connectivity index (χ3n) is 5.98. The molecule has 0 radical (unpaired) electrons. The molecule has 42 heavy (non-hydrogen) atoms. The van der Waals surface area contributed by atoms with Crippen molar-refractivity contribution in [2.24, 2.45) is 0 Å². The Balaban J connectivity index is 1.68. The number of hydrogen-bond acceptors (Lipinski definition) is 9. The average molecular weight is 596 g/mol. The summed E-state index contributed by atoms with van der Waals surface area (Å²) in [6.45, 7) is 12.4. The van der Waals surface area contributed by atoms with Crippen LogP contribution in [0, 0.1) is 0 Å². The molecule has 224 valence electrons. The van der Waals surface area contributed by atoms with Crippen molar-refractivity contribution >= 4 is 39.2 Å². The van der Waals surface area contributed by atoms with E-state index in [0.29, 0.717) is 64.7 Å². The summed E-state index contributed by atoms with van der Waals surface area (Å²) in [5.41, 5.74) is 1.58. The second kappa shape index (κ2) is 13.2. The molecule has 2 heterocycles. The maximum atomic E-state index is 13.6. The van der Waals surface area contributed by atoms with E-state index in [9.17, 15) is 9.59 Å². The molecule has 2 aromatic heterocycles. The molecule has 0 atom stereocenters. The van der Waals surface area contributed by atoms with Crippen LogP contribution in [-0.2, 0) is 16.1 Å². The minimum absolute atomic E-state index is 0.138. The van der Waals surface area contributed by atoms with Gasteiger partial charge >= 0.3 is 5.97 Å². The Morgan fingerprint density at radius 2 is 1.60 bits per heavy atom. The van der Waals surface area contributed by atoms with Gasteiger partial charge in [-0.05, 0) is 65.8 Å². The van der Waals surface area contributed by atoms with Gasteiger partial charge in [0.2, 0.25) is 0 Å². The maximum Gasteiger partial charge on any atom is 0.326 e. The van der Waals surface area contributed by atoms with Gasteiger partial charge in [-0.3, -0.25) is 14.9 Å². The highest BCUT2D eigenvalue weighted by molar-refractivity contribution is 7.14. The Morgan fingerprint density at radius 1 is 0.929 bits per heavy atom. The standard InChI is InChI=1S/C31H37N3O7S/c1-8-38-21-15-25(39-9-2)28(26(16-21)40-10-3)22-18-42-30(32-22)33-29(36)24-14-19-13-20(37-7)11-12-23(19)34(24)17-27(35)41-31(4,5)6/h11-16,18H,8-10,17H2,1-7H3,(H,32,33,36). The summed E-state index contributed by atoms with van der Waals surface area (Å²) in [4.78, 5) is 31.1. The average Bonchev–Trinajstić information content (AvgIpc) is 3.52. The van der Waals surface area contributed by atoms with Crippen LogP contribution >= 0.6 is 11.3 Å². The summed E-state index contributed by atoms with van der Waals surface area (Å²) in [5, 5.41) is 5.85. The number of amides is 1. The number of nitrogens with one attached hydrogen (secondary N) is 1. The summed E-state index contributed by atoms with van der Waals surface area (Å²) >= 11 is 1.27. The Kier molecular flexibility index (Phi) is 9.62. The fourth-order valence-electron chi connectivity index (χ4n) is 4.45. The number of carbonyl (C=O) groups is 2. The van der Waals surface area contributed by atoms with E-state index in [1.165, 1.54) is 11.3 Å². The van der Waals surface area contributed by atoms with Crippen molar-refractivity contribution in [1.82, 2.24) is 9.55 Å². The minimum atomic E-state index is -0.662. The highest BCUT2D eigenvalue weighted by Crippen LogP contribution is 2.43. The van der Waals surface area contributed by atoms with Crippen molar-refractivity contribution in [2.75, 3.05) is 32.2 Å². The summed E-state index contributed by atoms with van der Waals surface area (Å²) in [5.74, 6) is 1.54. The molecule has 0 saturated heterocycles. The van der Waals surface area contributed by atoms with Crippen LogP contribution in [0.5, 0.6) is 23.0 Å². The number of ether oxygens (including phenoxy) is 5. The van der Waals surface area contributed by atoms with E-state index in [-0.39, 0.29) is 12.2 Å². The number of methoxy groups -OCH3 is 1. The Labute approximate surface area is 249 Å². The van der Waals surface area contributed by atoms with Crippen LogP contribution in [-0.4, -0.2) is 54.0 Å². The lowest BCUT2D eigenvalue weighted by molar-refractivity contribution is -0.155. The largest absolute Gasteiger partial charge is 0.497 e. The van der Waals surface area contributed by atoms with Crippen molar-refractivity contribution in [3.8, 4) is 34.3 Å². The monoisotopic (exact) mass is 595 g/mol. The molecular formula is C31H37N3O7S. The van der Waals surface area contributed by atoms with E-state index >= 15 is 0 Å². The smallest absolute Gasteiger partial charge is 0.326 e. The Bertz CT molecular complexity index is 1540. The number of anilines is 1. The zero-order chi connectivity index (χ0) is 30.4. The first kappa shape index (κ1) is 30.7. The zero-order valence-corrected chi connectivity index (χ0v) is 25.8. The molecular weight excluding hydrogens is 558 g/mol. The highest BCUT2D eigenvalue weighted by Gasteiger charge is 2.24. The van der Waals surface area contributed by atoms with Crippen LogP contribution in [0.1, 0.15) is 52.0 Å². The number of benzene rings is 2. The van der Waals surface area contributed by atoms with E-state index in [2.05, 4.69) is 5.32 Å².